The Hall–Kier alpha value is -2.08. The smallest absolute Gasteiger partial charge is 0.153 e. The van der Waals surface area contributed by atoms with Gasteiger partial charge in [-0.15, -0.1) is 0 Å². The second-order valence-corrected chi connectivity index (χ2v) is 9.47. The molecule has 3 aliphatic rings. The van der Waals surface area contributed by atoms with Gasteiger partial charge in [0.15, 0.2) is 11.6 Å². The van der Waals surface area contributed by atoms with E-state index in [1.807, 2.05) is 5.16 Å². The number of aliphatic imine (C=N–C) groups is 1. The van der Waals surface area contributed by atoms with Crippen LogP contribution < -0.4 is 0 Å². The first-order chi connectivity index (χ1) is 15.0. The molecule has 1 nitrogen and oxygen atoms in total. The first kappa shape index (κ1) is 22.1. The fourth-order valence-corrected chi connectivity index (χ4v) is 5.79. The predicted octanol–water partition coefficient (Wildman–Crippen LogP) is 8.08. The van der Waals surface area contributed by atoms with E-state index in [1.54, 1.807) is 5.57 Å². The summed E-state index contributed by atoms with van der Waals surface area (Å²) in [6.07, 6.45) is 15.2. The highest BCUT2D eigenvalue weighted by atomic mass is 32.1. The summed E-state index contributed by atoms with van der Waals surface area (Å²) in [5, 5.41) is 2.00. The van der Waals surface area contributed by atoms with Gasteiger partial charge in [0, 0.05) is 11.1 Å². The quantitative estimate of drug-likeness (QED) is 0.201. The molecule has 1 aromatic rings. The summed E-state index contributed by atoms with van der Waals surface area (Å²) < 4.78 is 28.0. The molecule has 162 valence electrons. The largest absolute Gasteiger partial charge is 0.204 e. The van der Waals surface area contributed by atoms with Crippen LogP contribution in [0.2, 0.25) is 0 Å². The number of allylic oxidation sites excluding steroid dienone is 4. The Morgan fingerprint density at radius 3 is 2.32 bits per heavy atom. The molecule has 0 radical (unpaired) electrons. The minimum absolute atomic E-state index is 0.320. The van der Waals surface area contributed by atoms with Gasteiger partial charge in [0.2, 0.25) is 0 Å². The Morgan fingerprint density at radius 2 is 1.71 bits per heavy atom. The molecule has 1 atom stereocenters. The van der Waals surface area contributed by atoms with Crippen molar-refractivity contribution in [1.82, 2.24) is 0 Å². The Kier molecular flexibility index (Phi) is 7.16. The van der Waals surface area contributed by atoms with Crippen LogP contribution >= 0.6 is 12.2 Å². The zero-order chi connectivity index (χ0) is 21.8. The van der Waals surface area contributed by atoms with Crippen molar-refractivity contribution < 1.29 is 8.78 Å². The van der Waals surface area contributed by atoms with Gasteiger partial charge in [-0.2, -0.15) is 4.99 Å². The molecule has 0 N–H and O–H groups in total. The second-order valence-electron chi connectivity index (χ2n) is 9.29. The average Bonchev–Trinajstić information content (AvgIpc) is 3.30. The summed E-state index contributed by atoms with van der Waals surface area (Å²) >= 11 is 4.44. The highest BCUT2D eigenvalue weighted by Gasteiger charge is 2.31. The Labute approximate surface area is 189 Å². The molecule has 31 heavy (non-hydrogen) atoms. The molecule has 1 saturated carbocycles. The minimum Gasteiger partial charge on any atom is -0.204 e. The molecule has 0 bridgehead atoms. The molecular formula is C27H29F2NS. The van der Waals surface area contributed by atoms with Crippen molar-refractivity contribution in [3.05, 3.63) is 52.1 Å². The fraction of sp³-hybridized carbons (Fsp3) is 0.519. The van der Waals surface area contributed by atoms with Gasteiger partial charge in [-0.1, -0.05) is 29.1 Å². The van der Waals surface area contributed by atoms with Crippen molar-refractivity contribution >= 4 is 23.1 Å². The van der Waals surface area contributed by atoms with Crippen molar-refractivity contribution in [2.75, 3.05) is 0 Å². The van der Waals surface area contributed by atoms with Crippen LogP contribution in [0.15, 0.2) is 39.9 Å². The molecule has 0 spiro atoms. The van der Waals surface area contributed by atoms with Crippen LogP contribution in [-0.4, -0.2) is 5.16 Å². The van der Waals surface area contributed by atoms with Gasteiger partial charge in [-0.05, 0) is 113 Å². The maximum absolute atomic E-state index is 14.0. The van der Waals surface area contributed by atoms with Crippen molar-refractivity contribution in [2.45, 2.75) is 71.1 Å². The topological polar surface area (TPSA) is 12.4 Å². The van der Waals surface area contributed by atoms with Crippen molar-refractivity contribution in [3.63, 3.8) is 0 Å². The molecule has 0 aliphatic heterocycles. The fourth-order valence-electron chi connectivity index (χ4n) is 5.70. The average molecular weight is 438 g/mol. The van der Waals surface area contributed by atoms with Crippen LogP contribution in [0.5, 0.6) is 0 Å². The van der Waals surface area contributed by atoms with Gasteiger partial charge in [0.1, 0.15) is 5.69 Å². The molecule has 4 rings (SSSR count). The number of thiocarbonyl (C=S) groups is 1. The Balaban J connectivity index is 1.38. The maximum atomic E-state index is 14.0. The first-order valence-electron chi connectivity index (χ1n) is 11.5. The third kappa shape index (κ3) is 5.22. The second kappa shape index (κ2) is 10.0. The van der Waals surface area contributed by atoms with Gasteiger partial charge in [-0.25, -0.2) is 8.78 Å². The van der Waals surface area contributed by atoms with E-state index < -0.39 is 17.3 Å². The zero-order valence-corrected chi connectivity index (χ0v) is 19.0. The summed E-state index contributed by atoms with van der Waals surface area (Å²) in [4.78, 5) is 3.44. The number of hydrogen-bond donors (Lipinski definition) is 0. The van der Waals surface area contributed by atoms with Crippen LogP contribution in [0, 0.1) is 41.2 Å². The van der Waals surface area contributed by atoms with Gasteiger partial charge in [0.25, 0.3) is 0 Å². The Morgan fingerprint density at radius 1 is 0.968 bits per heavy atom. The van der Waals surface area contributed by atoms with Crippen LogP contribution in [0.4, 0.5) is 14.5 Å². The van der Waals surface area contributed by atoms with Gasteiger partial charge in [-0.3, -0.25) is 0 Å². The normalized spacial score (nSPS) is 26.0. The lowest BCUT2D eigenvalue weighted by Crippen LogP contribution is -2.24. The van der Waals surface area contributed by atoms with E-state index in [-0.39, 0.29) is 0 Å². The van der Waals surface area contributed by atoms with E-state index >= 15 is 0 Å². The van der Waals surface area contributed by atoms with E-state index in [1.165, 1.54) is 69.1 Å². The van der Waals surface area contributed by atoms with Crippen LogP contribution in [-0.2, 0) is 0 Å². The maximum Gasteiger partial charge on any atom is 0.153 e. The van der Waals surface area contributed by atoms with Gasteiger partial charge >= 0.3 is 0 Å². The molecule has 1 unspecified atom stereocenters. The van der Waals surface area contributed by atoms with E-state index in [2.05, 4.69) is 42.1 Å². The van der Waals surface area contributed by atoms with E-state index in [9.17, 15) is 8.78 Å². The van der Waals surface area contributed by atoms with Crippen LogP contribution in [0.25, 0.3) is 0 Å². The third-order valence-electron chi connectivity index (χ3n) is 7.42. The number of hydrogen-bond acceptors (Lipinski definition) is 2. The minimum atomic E-state index is -0.764. The summed E-state index contributed by atoms with van der Waals surface area (Å²) in [6.45, 7) is 2.17. The summed E-state index contributed by atoms with van der Waals surface area (Å²) in [7, 11) is 0. The summed E-state index contributed by atoms with van der Waals surface area (Å²) in [6, 6.07) is 2.42. The molecular weight excluding hydrogens is 408 g/mol. The summed E-state index contributed by atoms with van der Waals surface area (Å²) in [5.41, 5.74) is 4.12. The predicted molar refractivity (Wildman–Crippen MR) is 125 cm³/mol. The molecule has 0 saturated heterocycles. The first-order valence-corrected chi connectivity index (χ1v) is 11.9. The molecule has 0 aromatic heterocycles. The lowest BCUT2D eigenvalue weighted by molar-refractivity contribution is 0.202. The van der Waals surface area contributed by atoms with E-state index in [0.717, 1.165) is 36.2 Å². The lowest BCUT2D eigenvalue weighted by Gasteiger charge is -2.36. The standard InChI is InChI=1S/C27H29F2NS/c1-18-14-24(23-11-9-22(10-12-23)21-4-2-3-5-21)13-8-20(18)7-6-19-15-25(28)27(30-17-31)26(29)16-19/h4,15-16,22-24H,2-3,5,8-14H2,1H3. The molecule has 3 aliphatic carbocycles. The molecule has 0 amide bonds. The molecule has 4 heteroatoms. The zero-order valence-electron chi connectivity index (χ0n) is 18.1. The van der Waals surface area contributed by atoms with Gasteiger partial charge in [0.05, 0.1) is 5.16 Å². The number of nitrogens with zero attached hydrogens (tertiary/aromatic N) is 1. The molecule has 0 heterocycles. The van der Waals surface area contributed by atoms with E-state index in [0.29, 0.717) is 5.56 Å². The lowest BCUT2D eigenvalue weighted by atomic mass is 9.69. The number of halogens is 2. The highest BCUT2D eigenvalue weighted by molar-refractivity contribution is 7.78. The number of benzene rings is 1. The van der Waals surface area contributed by atoms with E-state index in [4.69, 9.17) is 0 Å². The van der Waals surface area contributed by atoms with Crippen molar-refractivity contribution in [1.29, 1.82) is 0 Å². The third-order valence-corrected chi connectivity index (χ3v) is 7.51. The Bertz CT molecular complexity index is 988. The monoisotopic (exact) mass is 437 g/mol. The van der Waals surface area contributed by atoms with Crippen LogP contribution in [0.1, 0.15) is 76.7 Å². The van der Waals surface area contributed by atoms with Crippen LogP contribution in [0.3, 0.4) is 0 Å². The summed E-state index contributed by atoms with van der Waals surface area (Å²) in [5.74, 6) is 7.04. The molecule has 1 fully saturated rings. The number of isothiocyanates is 1. The SMILES string of the molecule is CC1=C(C#Cc2cc(F)c(N=C=S)c(F)c2)CCC(C2CCC(C3=CCCC3)CC2)C1. The van der Waals surface area contributed by atoms with Crippen molar-refractivity contribution in [3.8, 4) is 11.8 Å². The number of rotatable bonds is 3. The highest BCUT2D eigenvalue weighted by Crippen LogP contribution is 2.44. The van der Waals surface area contributed by atoms with Crippen molar-refractivity contribution in [2.24, 2.45) is 22.7 Å². The molecule has 1 aromatic carbocycles. The van der Waals surface area contributed by atoms with Gasteiger partial charge < -0.3 is 0 Å².